The summed E-state index contributed by atoms with van der Waals surface area (Å²) >= 11 is 0. The number of hydrogen-bond acceptors (Lipinski definition) is 2. The molecule has 0 aliphatic heterocycles. The largest absolute Gasteiger partial charge is 0.417 e. The molecule has 2 N–H and O–H groups in total. The number of alkyl halides is 3. The van der Waals surface area contributed by atoms with Crippen LogP contribution in [0, 0.1) is 0 Å². The average Bonchev–Trinajstić information content (AvgIpc) is 2.33. The van der Waals surface area contributed by atoms with E-state index in [4.69, 9.17) is 0 Å². The number of carbonyl (C=O) groups is 2. The zero-order valence-electron chi connectivity index (χ0n) is 12.0. The molecule has 2 amide bonds. The predicted octanol–water partition coefficient (Wildman–Crippen LogP) is 2.35. The van der Waals surface area contributed by atoms with E-state index in [0.717, 1.165) is 12.1 Å². The second-order valence-corrected chi connectivity index (χ2v) is 5.52. The molecular weight excluding hydrogens is 285 g/mol. The number of amides is 2. The summed E-state index contributed by atoms with van der Waals surface area (Å²) < 4.78 is 38.3. The Bertz CT molecular complexity index is 534. The number of hydrogen-bond donors (Lipinski definition) is 2. The van der Waals surface area contributed by atoms with Gasteiger partial charge >= 0.3 is 6.18 Å². The topological polar surface area (TPSA) is 58.2 Å². The lowest BCUT2D eigenvalue weighted by Gasteiger charge is -2.20. The second-order valence-electron chi connectivity index (χ2n) is 5.52. The first-order chi connectivity index (χ1) is 9.50. The van der Waals surface area contributed by atoms with Gasteiger partial charge in [0.25, 0.3) is 5.91 Å². The highest BCUT2D eigenvalue weighted by molar-refractivity contribution is 5.97. The van der Waals surface area contributed by atoms with Crippen LogP contribution in [0.2, 0.25) is 0 Å². The van der Waals surface area contributed by atoms with Crippen molar-refractivity contribution in [2.24, 2.45) is 0 Å². The number of benzene rings is 1. The first-order valence-corrected chi connectivity index (χ1v) is 6.26. The highest BCUT2D eigenvalue weighted by atomic mass is 19.4. The summed E-state index contributed by atoms with van der Waals surface area (Å²) in [5, 5.41) is 4.78. The van der Waals surface area contributed by atoms with E-state index in [1.807, 2.05) is 0 Å². The van der Waals surface area contributed by atoms with Gasteiger partial charge in [-0.05, 0) is 32.9 Å². The highest BCUT2D eigenvalue weighted by Crippen LogP contribution is 2.31. The molecule has 1 rings (SSSR count). The van der Waals surface area contributed by atoms with Gasteiger partial charge in [0.05, 0.1) is 17.7 Å². The Morgan fingerprint density at radius 3 is 2.19 bits per heavy atom. The Morgan fingerprint density at radius 1 is 1.10 bits per heavy atom. The van der Waals surface area contributed by atoms with Crippen molar-refractivity contribution in [2.75, 3.05) is 6.54 Å². The van der Waals surface area contributed by atoms with Gasteiger partial charge in [0, 0.05) is 5.54 Å². The van der Waals surface area contributed by atoms with E-state index in [-0.39, 0.29) is 6.54 Å². The van der Waals surface area contributed by atoms with Crippen molar-refractivity contribution < 1.29 is 22.8 Å². The lowest BCUT2D eigenvalue weighted by atomic mass is 10.1. The molecule has 0 saturated heterocycles. The number of halogens is 3. The van der Waals surface area contributed by atoms with Crippen molar-refractivity contribution in [3.8, 4) is 0 Å². The van der Waals surface area contributed by atoms with E-state index in [1.54, 1.807) is 20.8 Å². The van der Waals surface area contributed by atoms with E-state index in [1.165, 1.54) is 12.1 Å². The van der Waals surface area contributed by atoms with Crippen LogP contribution in [-0.2, 0) is 11.0 Å². The van der Waals surface area contributed by atoms with Gasteiger partial charge in [-0.15, -0.1) is 0 Å². The standard InChI is InChI=1S/C14H17F3N2O2/c1-13(2,3)19-11(20)8-18-12(21)9-6-4-5-7-10(9)14(15,16)17/h4-7H,8H2,1-3H3,(H,18,21)(H,19,20). The van der Waals surface area contributed by atoms with Crippen molar-refractivity contribution in [1.29, 1.82) is 0 Å². The fourth-order valence-corrected chi connectivity index (χ4v) is 1.65. The van der Waals surface area contributed by atoms with Gasteiger partial charge in [0.1, 0.15) is 0 Å². The summed E-state index contributed by atoms with van der Waals surface area (Å²) in [6.45, 7) is 4.88. The molecule has 1 aromatic carbocycles. The van der Waals surface area contributed by atoms with Crippen LogP contribution < -0.4 is 10.6 Å². The number of nitrogens with one attached hydrogen (secondary N) is 2. The third kappa shape index (κ3) is 5.45. The first kappa shape index (κ1) is 17.0. The minimum atomic E-state index is -4.62. The van der Waals surface area contributed by atoms with E-state index in [0.29, 0.717) is 0 Å². The van der Waals surface area contributed by atoms with Crippen LogP contribution in [0.25, 0.3) is 0 Å². The van der Waals surface area contributed by atoms with E-state index < -0.39 is 34.7 Å². The summed E-state index contributed by atoms with van der Waals surface area (Å²) in [7, 11) is 0. The number of carbonyl (C=O) groups excluding carboxylic acids is 2. The van der Waals surface area contributed by atoms with Gasteiger partial charge in [-0.3, -0.25) is 9.59 Å². The minimum Gasteiger partial charge on any atom is -0.350 e. The molecule has 7 heteroatoms. The fraction of sp³-hybridized carbons (Fsp3) is 0.429. The highest BCUT2D eigenvalue weighted by Gasteiger charge is 2.34. The smallest absolute Gasteiger partial charge is 0.350 e. The SMILES string of the molecule is CC(C)(C)NC(=O)CNC(=O)c1ccccc1C(F)(F)F. The summed E-state index contributed by atoms with van der Waals surface area (Å²) in [5.41, 5.74) is -2.02. The molecule has 0 aliphatic carbocycles. The Morgan fingerprint density at radius 2 is 1.67 bits per heavy atom. The molecule has 116 valence electrons. The molecule has 1 aromatic rings. The third-order valence-corrected chi connectivity index (χ3v) is 2.40. The molecule has 0 saturated carbocycles. The van der Waals surface area contributed by atoms with Gasteiger partial charge < -0.3 is 10.6 Å². The van der Waals surface area contributed by atoms with Crippen LogP contribution in [-0.4, -0.2) is 23.9 Å². The van der Waals surface area contributed by atoms with Crippen molar-refractivity contribution >= 4 is 11.8 Å². The van der Waals surface area contributed by atoms with E-state index >= 15 is 0 Å². The van der Waals surface area contributed by atoms with Crippen LogP contribution in [0.5, 0.6) is 0 Å². The molecule has 0 aliphatic rings. The Labute approximate surface area is 120 Å². The summed E-state index contributed by atoms with van der Waals surface area (Å²) in [5.74, 6) is -1.41. The van der Waals surface area contributed by atoms with Crippen molar-refractivity contribution in [2.45, 2.75) is 32.5 Å². The Hall–Kier alpha value is -2.05. The molecule has 0 aromatic heterocycles. The summed E-state index contributed by atoms with van der Waals surface area (Å²) in [4.78, 5) is 23.3. The third-order valence-electron chi connectivity index (χ3n) is 2.40. The normalized spacial score (nSPS) is 11.9. The van der Waals surface area contributed by atoms with Gasteiger partial charge in [-0.25, -0.2) is 0 Å². The Kier molecular flexibility index (Phi) is 4.98. The van der Waals surface area contributed by atoms with Crippen LogP contribution >= 0.6 is 0 Å². The van der Waals surface area contributed by atoms with Crippen LogP contribution in [0.15, 0.2) is 24.3 Å². The molecule has 4 nitrogen and oxygen atoms in total. The van der Waals surface area contributed by atoms with Gasteiger partial charge in [0.15, 0.2) is 0 Å². The minimum absolute atomic E-state index is 0.387. The summed E-state index contributed by atoms with van der Waals surface area (Å²) in [6.07, 6.45) is -4.62. The lowest BCUT2D eigenvalue weighted by molar-refractivity contribution is -0.137. The van der Waals surface area contributed by atoms with Crippen molar-refractivity contribution in [3.05, 3.63) is 35.4 Å². The molecule has 0 bridgehead atoms. The van der Waals surface area contributed by atoms with E-state index in [9.17, 15) is 22.8 Å². The predicted molar refractivity (Wildman–Crippen MR) is 71.7 cm³/mol. The molecule has 0 radical (unpaired) electrons. The first-order valence-electron chi connectivity index (χ1n) is 6.26. The lowest BCUT2D eigenvalue weighted by Crippen LogP contribution is -2.46. The molecular formula is C14H17F3N2O2. The molecule has 0 fully saturated rings. The molecule has 0 unspecified atom stereocenters. The molecule has 21 heavy (non-hydrogen) atoms. The van der Waals surface area contributed by atoms with Gasteiger partial charge in [-0.1, -0.05) is 12.1 Å². The average molecular weight is 302 g/mol. The second kappa shape index (κ2) is 6.15. The summed E-state index contributed by atoms with van der Waals surface area (Å²) in [6, 6.07) is 4.43. The number of rotatable bonds is 3. The fourth-order valence-electron chi connectivity index (χ4n) is 1.65. The zero-order valence-corrected chi connectivity index (χ0v) is 12.0. The van der Waals surface area contributed by atoms with E-state index in [2.05, 4.69) is 10.6 Å². The quantitative estimate of drug-likeness (QED) is 0.900. The maximum atomic E-state index is 12.8. The molecule has 0 atom stereocenters. The maximum absolute atomic E-state index is 12.8. The maximum Gasteiger partial charge on any atom is 0.417 e. The van der Waals surface area contributed by atoms with Gasteiger partial charge in [0.2, 0.25) is 5.91 Å². The zero-order chi connectivity index (χ0) is 16.3. The Balaban J connectivity index is 2.76. The molecule has 0 heterocycles. The monoisotopic (exact) mass is 302 g/mol. The van der Waals surface area contributed by atoms with Crippen LogP contribution in [0.4, 0.5) is 13.2 Å². The van der Waals surface area contributed by atoms with Gasteiger partial charge in [-0.2, -0.15) is 13.2 Å². The van der Waals surface area contributed by atoms with Crippen LogP contribution in [0.1, 0.15) is 36.7 Å². The van der Waals surface area contributed by atoms with Crippen molar-refractivity contribution in [1.82, 2.24) is 10.6 Å². The van der Waals surface area contributed by atoms with Crippen molar-refractivity contribution in [3.63, 3.8) is 0 Å². The molecule has 0 spiro atoms. The van der Waals surface area contributed by atoms with Crippen LogP contribution in [0.3, 0.4) is 0 Å².